The predicted molar refractivity (Wildman–Crippen MR) is 179 cm³/mol. The van der Waals surface area contributed by atoms with Crippen molar-refractivity contribution in [2.45, 2.75) is 109 Å². The second kappa shape index (κ2) is 20.2. The fraction of sp³-hybridized carbons (Fsp3) is 0.694. The van der Waals surface area contributed by atoms with Crippen LogP contribution < -0.4 is 10.6 Å². The van der Waals surface area contributed by atoms with Gasteiger partial charge in [0.2, 0.25) is 17.7 Å². The zero-order chi connectivity index (χ0) is 33.4. The Hall–Kier alpha value is -2.93. The van der Waals surface area contributed by atoms with Crippen LogP contribution in [0.5, 0.6) is 0 Å². The molecule has 3 amide bonds. The average molecular weight is 627 g/mol. The molecule has 1 aromatic rings. The van der Waals surface area contributed by atoms with Gasteiger partial charge in [-0.3, -0.25) is 14.4 Å². The molecule has 5 atom stereocenters. The van der Waals surface area contributed by atoms with Gasteiger partial charge < -0.3 is 30.6 Å². The molecule has 0 spiro atoms. The van der Waals surface area contributed by atoms with Gasteiger partial charge in [0, 0.05) is 33.0 Å². The number of likely N-dealkylation sites (N-methyl/N-ethyl adjacent to an activating group) is 2. The molecule has 0 aliphatic heterocycles. The predicted octanol–water partition coefficient (Wildman–Crippen LogP) is 3.38. The molecule has 0 saturated heterocycles. The summed E-state index contributed by atoms with van der Waals surface area (Å²) in [5.41, 5.74) is 0.917. The molecule has 0 bridgehead atoms. The number of nitrogens with zero attached hydrogens (tertiary/aromatic N) is 2. The van der Waals surface area contributed by atoms with Crippen LogP contribution in [0.3, 0.4) is 0 Å². The molecule has 45 heavy (non-hydrogen) atoms. The maximum Gasteiger partial charge on any atom is 0.242 e. The van der Waals surface area contributed by atoms with Crippen molar-refractivity contribution in [1.29, 1.82) is 0 Å². The van der Waals surface area contributed by atoms with Crippen molar-refractivity contribution in [2.75, 3.05) is 34.2 Å². The van der Waals surface area contributed by atoms with Crippen LogP contribution in [-0.4, -0.2) is 96.3 Å². The number of carbonyl (C=O) groups excluding carboxylic acids is 3. The molecule has 1 aliphatic rings. The van der Waals surface area contributed by atoms with Crippen molar-refractivity contribution in [3.63, 3.8) is 0 Å². The van der Waals surface area contributed by atoms with E-state index >= 15 is 0 Å². The number of amides is 3. The van der Waals surface area contributed by atoms with E-state index in [9.17, 15) is 24.6 Å². The SMILES string of the molecule is C#CCC[C@H](NC(=O)C(CC(=O)N(C)CCN(C)C)Cc1ccccc1)C(=O)NC(CC1CCCCC1)[C@@H](O)C(O)CC(C)C. The molecule has 1 fully saturated rings. The minimum absolute atomic E-state index is 0.00144. The Kier molecular flexibility index (Phi) is 17.2. The van der Waals surface area contributed by atoms with Crippen molar-refractivity contribution in [1.82, 2.24) is 20.4 Å². The van der Waals surface area contributed by atoms with E-state index in [2.05, 4.69) is 16.6 Å². The molecule has 0 heterocycles. The molecular weight excluding hydrogens is 568 g/mol. The number of nitrogens with one attached hydrogen (secondary N) is 2. The van der Waals surface area contributed by atoms with Gasteiger partial charge in [0.25, 0.3) is 0 Å². The van der Waals surface area contributed by atoms with Gasteiger partial charge in [-0.15, -0.1) is 12.3 Å². The minimum atomic E-state index is -1.14. The molecular formula is C36H58N4O5. The van der Waals surface area contributed by atoms with Gasteiger partial charge in [-0.05, 0) is 57.2 Å². The second-order valence-corrected chi connectivity index (χ2v) is 13.6. The summed E-state index contributed by atoms with van der Waals surface area (Å²) >= 11 is 0. The Labute approximate surface area is 271 Å². The van der Waals surface area contributed by atoms with E-state index < -0.39 is 42.0 Å². The number of aliphatic hydroxyl groups is 2. The summed E-state index contributed by atoms with van der Waals surface area (Å²) in [5.74, 6) is 1.40. The number of benzene rings is 1. The Morgan fingerprint density at radius 1 is 0.978 bits per heavy atom. The summed E-state index contributed by atoms with van der Waals surface area (Å²) in [6.07, 6.45) is 10.7. The lowest BCUT2D eigenvalue weighted by atomic mass is 9.82. The van der Waals surface area contributed by atoms with Gasteiger partial charge in [0.1, 0.15) is 12.1 Å². The van der Waals surface area contributed by atoms with Crippen LogP contribution in [0.1, 0.15) is 83.6 Å². The monoisotopic (exact) mass is 626 g/mol. The van der Waals surface area contributed by atoms with E-state index in [1.807, 2.05) is 63.2 Å². The van der Waals surface area contributed by atoms with E-state index in [4.69, 9.17) is 6.42 Å². The van der Waals surface area contributed by atoms with Gasteiger partial charge in [0.05, 0.1) is 18.1 Å². The molecule has 0 aromatic heterocycles. The smallest absolute Gasteiger partial charge is 0.242 e. The number of aliphatic hydroxyl groups excluding tert-OH is 2. The van der Waals surface area contributed by atoms with E-state index in [0.717, 1.165) is 31.2 Å². The molecule has 1 saturated carbocycles. The van der Waals surface area contributed by atoms with E-state index in [1.165, 1.54) is 6.42 Å². The maximum absolute atomic E-state index is 13.8. The van der Waals surface area contributed by atoms with Crippen molar-refractivity contribution in [3.8, 4) is 12.3 Å². The average Bonchev–Trinajstić information content (AvgIpc) is 3.01. The van der Waals surface area contributed by atoms with Crippen LogP contribution in [0.15, 0.2) is 30.3 Å². The summed E-state index contributed by atoms with van der Waals surface area (Å²) in [6.45, 7) is 5.19. The number of hydrogen-bond donors (Lipinski definition) is 4. The highest BCUT2D eigenvalue weighted by Gasteiger charge is 2.34. The van der Waals surface area contributed by atoms with Crippen molar-refractivity contribution >= 4 is 17.7 Å². The third kappa shape index (κ3) is 14.4. The van der Waals surface area contributed by atoms with E-state index in [-0.39, 0.29) is 31.1 Å². The second-order valence-electron chi connectivity index (χ2n) is 13.6. The van der Waals surface area contributed by atoms with Crippen molar-refractivity contribution in [3.05, 3.63) is 35.9 Å². The van der Waals surface area contributed by atoms with Gasteiger partial charge in [-0.2, -0.15) is 0 Å². The van der Waals surface area contributed by atoms with Gasteiger partial charge >= 0.3 is 0 Å². The highest BCUT2D eigenvalue weighted by molar-refractivity contribution is 5.91. The summed E-state index contributed by atoms with van der Waals surface area (Å²) in [4.78, 5) is 44.4. The minimum Gasteiger partial charge on any atom is -0.390 e. The van der Waals surface area contributed by atoms with Crippen LogP contribution in [0, 0.1) is 30.1 Å². The van der Waals surface area contributed by atoms with Crippen LogP contribution in [0.2, 0.25) is 0 Å². The number of hydrogen-bond acceptors (Lipinski definition) is 6. The highest BCUT2D eigenvalue weighted by Crippen LogP contribution is 2.29. The molecule has 1 aromatic carbocycles. The summed E-state index contributed by atoms with van der Waals surface area (Å²) in [6, 6.07) is 7.91. The van der Waals surface area contributed by atoms with E-state index in [0.29, 0.717) is 38.3 Å². The number of rotatable bonds is 19. The normalized spacial score (nSPS) is 17.2. The van der Waals surface area contributed by atoms with E-state index in [1.54, 1.807) is 11.9 Å². The molecule has 1 aliphatic carbocycles. The molecule has 252 valence electrons. The first kappa shape index (κ1) is 38.3. The lowest BCUT2D eigenvalue weighted by Crippen LogP contribution is -2.56. The van der Waals surface area contributed by atoms with Gasteiger partial charge in [-0.1, -0.05) is 76.3 Å². The Morgan fingerprint density at radius 3 is 2.24 bits per heavy atom. The quantitative estimate of drug-likeness (QED) is 0.175. The number of terminal acetylenes is 1. The fourth-order valence-electron chi connectivity index (χ4n) is 6.02. The fourth-order valence-corrected chi connectivity index (χ4v) is 6.02. The first-order valence-electron chi connectivity index (χ1n) is 16.7. The van der Waals surface area contributed by atoms with Crippen LogP contribution >= 0.6 is 0 Å². The Bertz CT molecular complexity index is 1070. The summed E-state index contributed by atoms with van der Waals surface area (Å²) in [7, 11) is 5.61. The lowest BCUT2D eigenvalue weighted by Gasteiger charge is -2.34. The summed E-state index contributed by atoms with van der Waals surface area (Å²) < 4.78 is 0. The third-order valence-corrected chi connectivity index (χ3v) is 8.79. The zero-order valence-electron chi connectivity index (χ0n) is 28.2. The topological polar surface area (TPSA) is 122 Å². The van der Waals surface area contributed by atoms with Crippen LogP contribution in [-0.2, 0) is 20.8 Å². The Morgan fingerprint density at radius 2 is 1.64 bits per heavy atom. The highest BCUT2D eigenvalue weighted by atomic mass is 16.3. The summed E-state index contributed by atoms with van der Waals surface area (Å²) in [5, 5.41) is 27.9. The molecule has 2 rings (SSSR count). The molecule has 0 radical (unpaired) electrons. The zero-order valence-corrected chi connectivity index (χ0v) is 28.2. The first-order chi connectivity index (χ1) is 21.4. The van der Waals surface area contributed by atoms with Crippen molar-refractivity contribution in [2.24, 2.45) is 17.8 Å². The maximum atomic E-state index is 13.8. The number of carbonyl (C=O) groups is 3. The third-order valence-electron chi connectivity index (χ3n) is 8.79. The van der Waals surface area contributed by atoms with Gasteiger partial charge in [0.15, 0.2) is 0 Å². The molecule has 4 N–H and O–H groups in total. The first-order valence-corrected chi connectivity index (χ1v) is 16.7. The molecule has 9 nitrogen and oxygen atoms in total. The Balaban J connectivity index is 2.24. The van der Waals surface area contributed by atoms with Crippen LogP contribution in [0.25, 0.3) is 0 Å². The van der Waals surface area contributed by atoms with Gasteiger partial charge in [-0.25, -0.2) is 0 Å². The largest absolute Gasteiger partial charge is 0.390 e. The standard InChI is InChI=1S/C36H58N4O5/c1-7-8-19-30(36(45)38-31(24-28-17-13-10-14-18-28)34(43)32(41)22-26(2)3)37-35(44)29(23-27-15-11-9-12-16-27)25-33(42)40(6)21-20-39(4)5/h1,9,11-12,15-16,26,28-32,34,41,43H,8,10,13-14,17-25H2,2-6H3,(H,37,44)(H,38,45)/t29?,30-,31?,32?,34+/m0/s1. The van der Waals surface area contributed by atoms with Crippen LogP contribution in [0.4, 0.5) is 0 Å². The van der Waals surface area contributed by atoms with Crippen molar-refractivity contribution < 1.29 is 24.6 Å². The molecule has 3 unspecified atom stereocenters. The lowest BCUT2D eigenvalue weighted by molar-refractivity contribution is -0.137. The molecule has 9 heteroatoms.